The highest BCUT2D eigenvalue weighted by molar-refractivity contribution is 9.10. The Morgan fingerprint density at radius 1 is 1.67 bits per heavy atom. The molecule has 1 aromatic rings. The van der Waals surface area contributed by atoms with Crippen molar-refractivity contribution in [3.05, 3.63) is 21.9 Å². The molecule has 0 saturated heterocycles. The molecule has 80 valence electrons. The van der Waals surface area contributed by atoms with Gasteiger partial charge >= 0.3 is 0 Å². The van der Waals surface area contributed by atoms with Gasteiger partial charge in [-0.25, -0.2) is 13.8 Å². The van der Waals surface area contributed by atoms with E-state index in [1.165, 1.54) is 13.2 Å². The van der Waals surface area contributed by atoms with Crippen molar-refractivity contribution >= 4 is 15.9 Å². The van der Waals surface area contributed by atoms with Crippen molar-refractivity contribution in [2.24, 2.45) is 0 Å². The number of pyridine rings is 1. The first-order valence-electron chi connectivity index (χ1n) is 3.98. The maximum absolute atomic E-state index is 12.5. The third kappa shape index (κ3) is 2.63. The van der Waals surface area contributed by atoms with E-state index in [-0.39, 0.29) is 16.8 Å². The number of methoxy groups -OCH3 is 1. The van der Waals surface area contributed by atoms with Gasteiger partial charge in [-0.1, -0.05) is 0 Å². The molecule has 0 fully saturated rings. The molecule has 0 unspecified atom stereocenters. The van der Waals surface area contributed by atoms with E-state index in [4.69, 9.17) is 10.00 Å². The monoisotopic (exact) mass is 276 g/mol. The standard InChI is InChI=1S/C9H7BrF2N2O/c1-15-6-4-5(2-3-13)8(10)14-7(6)9(11)12/h4,9H,2H2,1H3. The number of halogens is 3. The quantitative estimate of drug-likeness (QED) is 0.798. The Balaban J connectivity index is 3.24. The third-order valence-corrected chi connectivity index (χ3v) is 2.42. The number of hydrogen-bond acceptors (Lipinski definition) is 3. The molecule has 0 N–H and O–H groups in total. The van der Waals surface area contributed by atoms with Crippen molar-refractivity contribution in [3.8, 4) is 11.8 Å². The predicted molar refractivity (Wildman–Crippen MR) is 52.8 cm³/mol. The minimum absolute atomic E-state index is 0.00144. The van der Waals surface area contributed by atoms with Gasteiger partial charge in [0.05, 0.1) is 19.6 Å². The summed E-state index contributed by atoms with van der Waals surface area (Å²) in [6.07, 6.45) is -2.61. The topological polar surface area (TPSA) is 45.9 Å². The largest absolute Gasteiger partial charge is 0.495 e. The zero-order chi connectivity index (χ0) is 11.4. The fraction of sp³-hybridized carbons (Fsp3) is 0.333. The molecule has 0 saturated carbocycles. The van der Waals surface area contributed by atoms with E-state index in [9.17, 15) is 8.78 Å². The minimum Gasteiger partial charge on any atom is -0.495 e. The van der Waals surface area contributed by atoms with Crippen LogP contribution in [0, 0.1) is 11.3 Å². The lowest BCUT2D eigenvalue weighted by Gasteiger charge is -2.09. The van der Waals surface area contributed by atoms with Crippen LogP contribution in [0.3, 0.4) is 0 Å². The number of nitriles is 1. The molecular formula is C9H7BrF2N2O. The first-order valence-corrected chi connectivity index (χ1v) is 4.77. The maximum atomic E-state index is 12.5. The van der Waals surface area contributed by atoms with Crippen LogP contribution in [0.2, 0.25) is 0 Å². The molecule has 0 bridgehead atoms. The van der Waals surface area contributed by atoms with Crippen molar-refractivity contribution in [1.82, 2.24) is 4.98 Å². The molecule has 1 rings (SSSR count). The summed E-state index contributed by atoms with van der Waals surface area (Å²) >= 11 is 3.03. The highest BCUT2D eigenvalue weighted by Gasteiger charge is 2.18. The Bertz CT molecular complexity index is 404. The molecule has 0 amide bonds. The molecular weight excluding hydrogens is 270 g/mol. The number of alkyl halides is 2. The Morgan fingerprint density at radius 3 is 2.80 bits per heavy atom. The summed E-state index contributed by atoms with van der Waals surface area (Å²) in [6.45, 7) is 0. The van der Waals surface area contributed by atoms with Gasteiger partial charge in [-0.3, -0.25) is 0 Å². The van der Waals surface area contributed by atoms with Gasteiger partial charge in [0, 0.05) is 5.56 Å². The Hall–Kier alpha value is -1.22. The lowest BCUT2D eigenvalue weighted by Crippen LogP contribution is -2.00. The number of aromatic nitrogens is 1. The van der Waals surface area contributed by atoms with Gasteiger partial charge < -0.3 is 4.74 Å². The number of rotatable bonds is 3. The normalized spacial score (nSPS) is 10.1. The van der Waals surface area contributed by atoms with Crippen molar-refractivity contribution in [1.29, 1.82) is 5.26 Å². The summed E-state index contributed by atoms with van der Waals surface area (Å²) in [6, 6.07) is 3.30. The number of ether oxygens (including phenoxy) is 1. The van der Waals surface area contributed by atoms with Crippen LogP contribution in [0.25, 0.3) is 0 Å². The average molecular weight is 277 g/mol. The zero-order valence-electron chi connectivity index (χ0n) is 7.80. The number of nitrogens with zero attached hydrogens (tertiary/aromatic N) is 2. The van der Waals surface area contributed by atoms with E-state index in [1.807, 2.05) is 6.07 Å². The first kappa shape index (κ1) is 11.9. The lowest BCUT2D eigenvalue weighted by molar-refractivity contribution is 0.141. The fourth-order valence-corrected chi connectivity index (χ4v) is 1.50. The third-order valence-electron chi connectivity index (χ3n) is 1.74. The second kappa shape index (κ2) is 5.03. The van der Waals surface area contributed by atoms with Gasteiger partial charge in [0.25, 0.3) is 6.43 Å². The molecule has 1 aromatic heterocycles. The summed E-state index contributed by atoms with van der Waals surface area (Å²) in [7, 11) is 1.28. The van der Waals surface area contributed by atoms with Crippen LogP contribution < -0.4 is 4.74 Å². The minimum atomic E-state index is -2.70. The van der Waals surface area contributed by atoms with Gasteiger partial charge in [0.1, 0.15) is 16.0 Å². The summed E-state index contributed by atoms with van der Waals surface area (Å²) in [5.41, 5.74) is 0.102. The SMILES string of the molecule is COc1cc(CC#N)c(Br)nc1C(F)F. The van der Waals surface area contributed by atoms with Crippen LogP contribution in [0.4, 0.5) is 8.78 Å². The fourth-order valence-electron chi connectivity index (χ4n) is 1.05. The summed E-state index contributed by atoms with van der Waals surface area (Å²) in [5, 5.41) is 8.50. The molecule has 0 aliphatic heterocycles. The van der Waals surface area contributed by atoms with Crippen LogP contribution in [-0.4, -0.2) is 12.1 Å². The van der Waals surface area contributed by atoms with E-state index >= 15 is 0 Å². The van der Waals surface area contributed by atoms with E-state index in [2.05, 4.69) is 20.9 Å². The average Bonchev–Trinajstić information content (AvgIpc) is 2.20. The molecule has 0 aliphatic rings. The van der Waals surface area contributed by atoms with Gasteiger partial charge in [-0.15, -0.1) is 0 Å². The predicted octanol–water partition coefficient (Wildman–Crippen LogP) is 2.86. The highest BCUT2D eigenvalue weighted by Crippen LogP contribution is 2.31. The van der Waals surface area contributed by atoms with Gasteiger partial charge in [-0.2, -0.15) is 5.26 Å². The van der Waals surface area contributed by atoms with Crippen molar-refractivity contribution in [2.75, 3.05) is 7.11 Å². The molecule has 0 atom stereocenters. The second-order valence-electron chi connectivity index (χ2n) is 2.66. The van der Waals surface area contributed by atoms with Crippen molar-refractivity contribution in [2.45, 2.75) is 12.8 Å². The van der Waals surface area contributed by atoms with Crippen LogP contribution in [-0.2, 0) is 6.42 Å². The molecule has 3 nitrogen and oxygen atoms in total. The van der Waals surface area contributed by atoms with Crippen LogP contribution in [0.15, 0.2) is 10.7 Å². The molecule has 1 heterocycles. The van der Waals surface area contributed by atoms with Gasteiger partial charge in [-0.05, 0) is 22.0 Å². The van der Waals surface area contributed by atoms with Crippen molar-refractivity contribution in [3.63, 3.8) is 0 Å². The first-order chi connectivity index (χ1) is 7.10. The van der Waals surface area contributed by atoms with E-state index in [0.29, 0.717) is 5.56 Å². The lowest BCUT2D eigenvalue weighted by atomic mass is 10.2. The summed E-state index contributed by atoms with van der Waals surface area (Å²) in [4.78, 5) is 3.65. The molecule has 0 spiro atoms. The molecule has 0 aliphatic carbocycles. The summed E-state index contributed by atoms with van der Waals surface area (Å²) in [5.74, 6) is -0.00144. The summed E-state index contributed by atoms with van der Waals surface area (Å²) < 4.78 is 30.0. The second-order valence-corrected chi connectivity index (χ2v) is 3.41. The van der Waals surface area contributed by atoms with Crippen LogP contribution in [0.5, 0.6) is 5.75 Å². The zero-order valence-corrected chi connectivity index (χ0v) is 9.38. The Morgan fingerprint density at radius 2 is 2.33 bits per heavy atom. The Labute approximate surface area is 93.8 Å². The highest BCUT2D eigenvalue weighted by atomic mass is 79.9. The van der Waals surface area contributed by atoms with E-state index in [0.717, 1.165) is 0 Å². The van der Waals surface area contributed by atoms with E-state index < -0.39 is 12.1 Å². The van der Waals surface area contributed by atoms with Gasteiger partial charge in [0.2, 0.25) is 0 Å². The van der Waals surface area contributed by atoms with Crippen molar-refractivity contribution < 1.29 is 13.5 Å². The molecule has 6 heteroatoms. The maximum Gasteiger partial charge on any atom is 0.284 e. The van der Waals surface area contributed by atoms with Gasteiger partial charge in [0.15, 0.2) is 0 Å². The Kier molecular flexibility index (Phi) is 3.97. The van der Waals surface area contributed by atoms with E-state index in [1.54, 1.807) is 0 Å². The molecule has 0 radical (unpaired) electrons. The molecule has 0 aromatic carbocycles. The number of hydrogen-bond donors (Lipinski definition) is 0. The van der Waals surface area contributed by atoms with Crippen LogP contribution >= 0.6 is 15.9 Å². The van der Waals surface area contributed by atoms with Crippen LogP contribution in [0.1, 0.15) is 17.7 Å². The molecule has 15 heavy (non-hydrogen) atoms. The smallest absolute Gasteiger partial charge is 0.284 e.